The second kappa shape index (κ2) is 9.43. The number of carbonyl (C=O) groups is 1. The smallest absolute Gasteiger partial charge is 0.231 e. The highest BCUT2D eigenvalue weighted by molar-refractivity contribution is 9.09. The van der Waals surface area contributed by atoms with Crippen molar-refractivity contribution in [3.05, 3.63) is 59.7 Å². The number of alkyl halides is 1. The van der Waals surface area contributed by atoms with Crippen LogP contribution in [0.3, 0.4) is 0 Å². The Morgan fingerprint density at radius 1 is 1.08 bits per heavy atom. The number of ether oxygens (including phenoxy) is 3. The zero-order chi connectivity index (χ0) is 18.2. The van der Waals surface area contributed by atoms with Crippen LogP contribution in [-0.4, -0.2) is 24.5 Å². The Balaban J connectivity index is 1.58. The van der Waals surface area contributed by atoms with E-state index in [1.54, 1.807) is 24.3 Å². The number of unbranched alkanes of at least 4 members (excludes halogenated alkanes) is 2. The van der Waals surface area contributed by atoms with Gasteiger partial charge in [-0.05, 0) is 55.2 Å². The minimum Gasteiger partial charge on any atom is -0.494 e. The van der Waals surface area contributed by atoms with Crippen LogP contribution < -0.4 is 14.2 Å². The van der Waals surface area contributed by atoms with Crippen LogP contribution in [-0.2, 0) is 0 Å². The summed E-state index contributed by atoms with van der Waals surface area (Å²) >= 11 is 3.42. The third kappa shape index (κ3) is 5.11. The van der Waals surface area contributed by atoms with E-state index < -0.39 is 0 Å². The lowest BCUT2D eigenvalue weighted by atomic mass is 10.1. The molecule has 0 saturated heterocycles. The number of ketones is 1. The van der Waals surface area contributed by atoms with E-state index in [2.05, 4.69) is 15.9 Å². The van der Waals surface area contributed by atoms with Gasteiger partial charge in [0.1, 0.15) is 5.75 Å². The summed E-state index contributed by atoms with van der Waals surface area (Å²) < 4.78 is 16.4. The zero-order valence-corrected chi connectivity index (χ0v) is 16.0. The largest absolute Gasteiger partial charge is 0.494 e. The van der Waals surface area contributed by atoms with E-state index in [-0.39, 0.29) is 12.6 Å². The summed E-state index contributed by atoms with van der Waals surface area (Å²) in [6.07, 6.45) is 6.62. The molecule has 2 aromatic rings. The predicted molar refractivity (Wildman–Crippen MR) is 106 cm³/mol. The molecule has 0 N–H and O–H groups in total. The lowest BCUT2D eigenvalue weighted by Crippen LogP contribution is -2.00. The third-order valence-corrected chi connectivity index (χ3v) is 4.55. The van der Waals surface area contributed by atoms with E-state index in [0.29, 0.717) is 17.9 Å². The van der Waals surface area contributed by atoms with Crippen LogP contribution in [0.15, 0.2) is 48.5 Å². The maximum Gasteiger partial charge on any atom is 0.231 e. The van der Waals surface area contributed by atoms with E-state index in [4.69, 9.17) is 14.2 Å². The van der Waals surface area contributed by atoms with Crippen molar-refractivity contribution in [2.24, 2.45) is 0 Å². The molecule has 0 aliphatic carbocycles. The summed E-state index contributed by atoms with van der Waals surface area (Å²) in [4.78, 5) is 12.4. The van der Waals surface area contributed by atoms with E-state index in [0.717, 1.165) is 41.7 Å². The number of halogens is 1. The maximum absolute atomic E-state index is 12.4. The normalized spacial score (nSPS) is 12.5. The maximum atomic E-state index is 12.4. The van der Waals surface area contributed by atoms with Gasteiger partial charge in [0.2, 0.25) is 6.79 Å². The summed E-state index contributed by atoms with van der Waals surface area (Å²) in [5, 5.41) is 1.02. The van der Waals surface area contributed by atoms with Crippen molar-refractivity contribution in [2.45, 2.75) is 19.3 Å². The highest BCUT2D eigenvalue weighted by atomic mass is 79.9. The summed E-state index contributed by atoms with van der Waals surface area (Å²) in [6, 6.07) is 12.9. The first-order chi connectivity index (χ1) is 12.8. The minimum absolute atomic E-state index is 0.0626. The van der Waals surface area contributed by atoms with Gasteiger partial charge in [0.15, 0.2) is 17.3 Å². The van der Waals surface area contributed by atoms with Crippen molar-refractivity contribution < 1.29 is 19.0 Å². The van der Waals surface area contributed by atoms with Crippen molar-refractivity contribution in [1.29, 1.82) is 0 Å². The van der Waals surface area contributed by atoms with Gasteiger partial charge in [0.05, 0.1) is 6.61 Å². The lowest BCUT2D eigenvalue weighted by Gasteiger charge is -2.06. The molecule has 0 bridgehead atoms. The van der Waals surface area contributed by atoms with E-state index in [9.17, 15) is 4.79 Å². The zero-order valence-electron chi connectivity index (χ0n) is 14.4. The molecule has 136 valence electrons. The van der Waals surface area contributed by atoms with Crippen LogP contribution in [0, 0.1) is 0 Å². The number of carbonyl (C=O) groups excluding carboxylic acids is 1. The molecule has 3 rings (SSSR count). The van der Waals surface area contributed by atoms with Gasteiger partial charge in [-0.15, -0.1) is 0 Å². The van der Waals surface area contributed by atoms with Crippen LogP contribution in [0.2, 0.25) is 0 Å². The Morgan fingerprint density at radius 2 is 1.96 bits per heavy atom. The molecule has 1 heterocycles. The van der Waals surface area contributed by atoms with Gasteiger partial charge >= 0.3 is 0 Å². The summed E-state index contributed by atoms with van der Waals surface area (Å²) in [6.45, 7) is 0.905. The number of hydrogen-bond acceptors (Lipinski definition) is 4. The van der Waals surface area contributed by atoms with Gasteiger partial charge in [-0.1, -0.05) is 40.2 Å². The molecule has 0 radical (unpaired) electrons. The second-order valence-corrected chi connectivity index (χ2v) is 6.73. The van der Waals surface area contributed by atoms with Crippen LogP contribution >= 0.6 is 15.9 Å². The van der Waals surface area contributed by atoms with Gasteiger partial charge in [-0.25, -0.2) is 0 Å². The molecule has 0 atom stereocenters. The third-order valence-electron chi connectivity index (χ3n) is 3.99. The Hall–Kier alpha value is -2.27. The molecule has 0 spiro atoms. The molecule has 2 aromatic carbocycles. The number of benzene rings is 2. The molecular weight excluding hydrogens is 396 g/mol. The fourth-order valence-corrected chi connectivity index (χ4v) is 2.98. The number of hydrogen-bond donors (Lipinski definition) is 0. The highest BCUT2D eigenvalue weighted by Crippen LogP contribution is 2.32. The topological polar surface area (TPSA) is 44.8 Å². The van der Waals surface area contributed by atoms with E-state index in [1.165, 1.54) is 0 Å². The van der Waals surface area contributed by atoms with Gasteiger partial charge in [-0.3, -0.25) is 4.79 Å². The lowest BCUT2D eigenvalue weighted by molar-refractivity contribution is 0.104. The standard InChI is InChI=1S/C21H21BrO4/c22-11-2-1-3-12-24-18-6-4-5-17(14-18)19(23)9-7-16-8-10-20-21(13-16)26-15-25-20/h4-10,13-14H,1-3,11-12,15H2/b9-7+. The van der Waals surface area contributed by atoms with Gasteiger partial charge in [0.25, 0.3) is 0 Å². The number of rotatable bonds is 9. The molecule has 4 nitrogen and oxygen atoms in total. The minimum atomic E-state index is -0.0626. The Morgan fingerprint density at radius 3 is 2.85 bits per heavy atom. The number of allylic oxidation sites excluding steroid dienone is 1. The predicted octanol–water partition coefficient (Wildman–Crippen LogP) is 5.26. The first-order valence-electron chi connectivity index (χ1n) is 8.67. The summed E-state index contributed by atoms with van der Waals surface area (Å²) in [5.41, 5.74) is 1.50. The van der Waals surface area contributed by atoms with E-state index >= 15 is 0 Å². The van der Waals surface area contributed by atoms with Crippen molar-refractivity contribution >= 4 is 27.8 Å². The second-order valence-electron chi connectivity index (χ2n) is 5.94. The first-order valence-corrected chi connectivity index (χ1v) is 9.79. The quantitative estimate of drug-likeness (QED) is 0.242. The van der Waals surface area contributed by atoms with Gasteiger partial charge in [-0.2, -0.15) is 0 Å². The van der Waals surface area contributed by atoms with Crippen LogP contribution in [0.5, 0.6) is 17.2 Å². The van der Waals surface area contributed by atoms with Crippen LogP contribution in [0.4, 0.5) is 0 Å². The molecular formula is C21H21BrO4. The molecule has 0 saturated carbocycles. The Bertz CT molecular complexity index is 785. The molecule has 5 heteroatoms. The van der Waals surface area contributed by atoms with Crippen molar-refractivity contribution in [2.75, 3.05) is 18.7 Å². The Labute approximate surface area is 161 Å². The monoisotopic (exact) mass is 416 g/mol. The van der Waals surface area contributed by atoms with Crippen LogP contribution in [0.25, 0.3) is 6.08 Å². The first kappa shape index (κ1) is 18.5. The van der Waals surface area contributed by atoms with Crippen molar-refractivity contribution in [1.82, 2.24) is 0 Å². The Kier molecular flexibility index (Phi) is 6.72. The molecule has 0 aromatic heterocycles. The van der Waals surface area contributed by atoms with Crippen molar-refractivity contribution in [3.63, 3.8) is 0 Å². The van der Waals surface area contributed by atoms with Crippen LogP contribution in [0.1, 0.15) is 35.2 Å². The van der Waals surface area contributed by atoms with Gasteiger partial charge in [0, 0.05) is 10.9 Å². The molecule has 0 fully saturated rings. The fourth-order valence-electron chi connectivity index (χ4n) is 2.59. The average Bonchev–Trinajstić information content (AvgIpc) is 3.14. The molecule has 1 aliphatic rings. The average molecular weight is 417 g/mol. The summed E-state index contributed by atoms with van der Waals surface area (Å²) in [7, 11) is 0. The van der Waals surface area contributed by atoms with Gasteiger partial charge < -0.3 is 14.2 Å². The summed E-state index contributed by atoms with van der Waals surface area (Å²) in [5.74, 6) is 2.10. The molecule has 26 heavy (non-hydrogen) atoms. The fraction of sp³-hybridized carbons (Fsp3) is 0.286. The molecule has 1 aliphatic heterocycles. The van der Waals surface area contributed by atoms with E-state index in [1.807, 2.05) is 30.3 Å². The van der Waals surface area contributed by atoms with Crippen molar-refractivity contribution in [3.8, 4) is 17.2 Å². The highest BCUT2D eigenvalue weighted by Gasteiger charge is 2.12. The molecule has 0 amide bonds. The number of fused-ring (bicyclic) bond motifs is 1. The molecule has 0 unspecified atom stereocenters. The SMILES string of the molecule is O=C(/C=C/c1ccc2c(c1)OCO2)c1cccc(OCCCCCBr)c1.